The number of sulfonamides is 1. The molecule has 0 bridgehead atoms. The van der Waals surface area contributed by atoms with Crippen LogP contribution in [0.1, 0.15) is 26.7 Å². The Hall–Kier alpha value is -0.700. The molecule has 0 aliphatic carbocycles. The molecule has 0 aromatic carbocycles. The van der Waals surface area contributed by atoms with Crippen LogP contribution in [0.3, 0.4) is 0 Å². The SMILES string of the molecule is CCC(CC)NS(=O)(=O)c1cc([N+](=O)[O-])c(Cl)s1. The topological polar surface area (TPSA) is 89.3 Å². The Labute approximate surface area is 114 Å². The molecule has 0 saturated carbocycles. The van der Waals surface area contributed by atoms with Gasteiger partial charge < -0.3 is 0 Å². The van der Waals surface area contributed by atoms with Gasteiger partial charge in [-0.15, -0.1) is 11.3 Å². The number of rotatable bonds is 6. The van der Waals surface area contributed by atoms with Crippen LogP contribution in [0.5, 0.6) is 0 Å². The second kappa shape index (κ2) is 5.96. The third-order valence-corrected chi connectivity index (χ3v) is 5.75. The number of nitro groups is 1. The van der Waals surface area contributed by atoms with Crippen molar-refractivity contribution in [3.63, 3.8) is 0 Å². The highest BCUT2D eigenvalue weighted by Gasteiger charge is 2.26. The maximum atomic E-state index is 12.0. The van der Waals surface area contributed by atoms with Gasteiger partial charge in [-0.25, -0.2) is 13.1 Å². The molecule has 0 atom stereocenters. The monoisotopic (exact) mass is 312 g/mol. The molecule has 9 heteroatoms. The van der Waals surface area contributed by atoms with Gasteiger partial charge in [0.2, 0.25) is 0 Å². The number of hydrogen-bond acceptors (Lipinski definition) is 5. The number of nitrogens with zero attached hydrogens (tertiary/aromatic N) is 1. The molecular weight excluding hydrogens is 300 g/mol. The van der Waals surface area contributed by atoms with E-state index < -0.39 is 14.9 Å². The van der Waals surface area contributed by atoms with Crippen LogP contribution >= 0.6 is 22.9 Å². The fourth-order valence-corrected chi connectivity index (χ4v) is 4.41. The summed E-state index contributed by atoms with van der Waals surface area (Å²) in [4.78, 5) is 9.91. The van der Waals surface area contributed by atoms with E-state index in [1.807, 2.05) is 13.8 Å². The molecule has 1 aromatic rings. The van der Waals surface area contributed by atoms with Crippen molar-refractivity contribution in [3.8, 4) is 0 Å². The lowest BCUT2D eigenvalue weighted by molar-refractivity contribution is -0.384. The van der Waals surface area contributed by atoms with Crippen LogP contribution in [-0.2, 0) is 10.0 Å². The van der Waals surface area contributed by atoms with Gasteiger partial charge in [0.1, 0.15) is 4.21 Å². The van der Waals surface area contributed by atoms with Crippen molar-refractivity contribution < 1.29 is 13.3 Å². The summed E-state index contributed by atoms with van der Waals surface area (Å²) < 4.78 is 26.2. The van der Waals surface area contributed by atoms with Gasteiger partial charge in [0.05, 0.1) is 4.92 Å². The Bertz CT molecular complexity index is 537. The lowest BCUT2D eigenvalue weighted by Gasteiger charge is -2.13. The number of thiophene rings is 1. The Morgan fingerprint density at radius 2 is 2.06 bits per heavy atom. The van der Waals surface area contributed by atoms with E-state index in [4.69, 9.17) is 11.6 Å². The average Bonchev–Trinajstić information content (AvgIpc) is 2.69. The van der Waals surface area contributed by atoms with E-state index in [0.29, 0.717) is 24.2 Å². The summed E-state index contributed by atoms with van der Waals surface area (Å²) in [5.41, 5.74) is -0.383. The van der Waals surface area contributed by atoms with Crippen LogP contribution in [0.4, 0.5) is 5.69 Å². The van der Waals surface area contributed by atoms with E-state index in [9.17, 15) is 18.5 Å². The molecule has 0 aliphatic rings. The van der Waals surface area contributed by atoms with Crippen LogP contribution in [0.25, 0.3) is 0 Å². The van der Waals surface area contributed by atoms with E-state index in [2.05, 4.69) is 4.72 Å². The minimum atomic E-state index is -3.74. The van der Waals surface area contributed by atoms with E-state index in [1.165, 1.54) is 0 Å². The van der Waals surface area contributed by atoms with Crippen LogP contribution in [0, 0.1) is 10.1 Å². The minimum Gasteiger partial charge on any atom is -0.258 e. The second-order valence-corrected chi connectivity index (χ2v) is 7.21. The maximum absolute atomic E-state index is 12.0. The summed E-state index contributed by atoms with van der Waals surface area (Å²) in [6.45, 7) is 3.72. The predicted molar refractivity (Wildman–Crippen MR) is 70.7 cm³/mol. The second-order valence-electron chi connectivity index (χ2n) is 3.62. The van der Waals surface area contributed by atoms with Gasteiger partial charge in [-0.3, -0.25) is 10.1 Å². The number of nitrogens with one attached hydrogen (secondary N) is 1. The summed E-state index contributed by atoms with van der Waals surface area (Å²) in [6.07, 6.45) is 1.30. The highest BCUT2D eigenvalue weighted by molar-refractivity contribution is 7.91. The van der Waals surface area contributed by atoms with Gasteiger partial charge in [-0.2, -0.15) is 0 Å². The molecule has 0 radical (unpaired) electrons. The van der Waals surface area contributed by atoms with Crippen molar-refractivity contribution in [1.29, 1.82) is 0 Å². The Morgan fingerprint density at radius 1 is 1.50 bits per heavy atom. The summed E-state index contributed by atoms with van der Waals surface area (Å²) in [5, 5.41) is 10.6. The van der Waals surface area contributed by atoms with Crippen molar-refractivity contribution >= 4 is 38.6 Å². The first kappa shape index (κ1) is 15.4. The lowest BCUT2D eigenvalue weighted by Crippen LogP contribution is -2.33. The van der Waals surface area contributed by atoms with E-state index in [-0.39, 0.29) is 20.3 Å². The van der Waals surface area contributed by atoms with Crippen LogP contribution in [0.2, 0.25) is 4.34 Å². The molecule has 0 unspecified atom stereocenters. The molecule has 1 N–H and O–H groups in total. The zero-order valence-electron chi connectivity index (χ0n) is 9.84. The predicted octanol–water partition coefficient (Wildman–Crippen LogP) is 2.78. The Morgan fingerprint density at radius 3 is 2.44 bits per heavy atom. The van der Waals surface area contributed by atoms with Crippen LogP contribution in [-0.4, -0.2) is 19.4 Å². The van der Waals surface area contributed by atoms with E-state index >= 15 is 0 Å². The van der Waals surface area contributed by atoms with Crippen LogP contribution in [0.15, 0.2) is 10.3 Å². The molecule has 0 aliphatic heterocycles. The minimum absolute atomic E-state index is 0.133. The lowest BCUT2D eigenvalue weighted by atomic mass is 10.2. The number of hydrogen-bond donors (Lipinski definition) is 1. The summed E-state index contributed by atoms with van der Waals surface area (Å²) in [5.74, 6) is 0. The van der Waals surface area contributed by atoms with Crippen molar-refractivity contribution in [2.24, 2.45) is 0 Å². The third-order valence-electron chi connectivity index (χ3n) is 2.42. The van der Waals surface area contributed by atoms with Crippen molar-refractivity contribution in [2.75, 3.05) is 0 Å². The van der Waals surface area contributed by atoms with Gasteiger partial charge in [-0.05, 0) is 12.8 Å². The van der Waals surface area contributed by atoms with E-state index in [0.717, 1.165) is 6.07 Å². The normalized spacial score (nSPS) is 12.0. The van der Waals surface area contributed by atoms with Gasteiger partial charge in [0.25, 0.3) is 15.7 Å². The smallest absolute Gasteiger partial charge is 0.258 e. The Balaban J connectivity index is 3.06. The third kappa shape index (κ3) is 3.41. The first-order chi connectivity index (χ1) is 8.31. The summed E-state index contributed by atoms with van der Waals surface area (Å²) >= 11 is 6.32. The fourth-order valence-electron chi connectivity index (χ4n) is 1.33. The van der Waals surface area contributed by atoms with Crippen molar-refractivity contribution in [3.05, 3.63) is 20.5 Å². The molecule has 0 amide bonds. The molecule has 0 fully saturated rings. The van der Waals surface area contributed by atoms with Crippen LogP contribution < -0.4 is 4.72 Å². The molecule has 6 nitrogen and oxygen atoms in total. The maximum Gasteiger partial charge on any atom is 0.300 e. The number of halogens is 1. The summed E-state index contributed by atoms with van der Waals surface area (Å²) in [6, 6.07) is 0.799. The zero-order valence-corrected chi connectivity index (χ0v) is 12.2. The molecule has 1 heterocycles. The largest absolute Gasteiger partial charge is 0.300 e. The van der Waals surface area contributed by atoms with E-state index in [1.54, 1.807) is 0 Å². The van der Waals surface area contributed by atoms with Gasteiger partial charge in [0.15, 0.2) is 4.34 Å². The zero-order chi connectivity index (χ0) is 13.9. The molecule has 102 valence electrons. The van der Waals surface area contributed by atoms with Crippen molar-refractivity contribution in [1.82, 2.24) is 4.72 Å². The van der Waals surface area contributed by atoms with Gasteiger partial charge >= 0.3 is 0 Å². The first-order valence-electron chi connectivity index (χ1n) is 5.27. The Kier molecular flexibility index (Phi) is 5.09. The molecule has 18 heavy (non-hydrogen) atoms. The molecule has 1 aromatic heterocycles. The first-order valence-corrected chi connectivity index (χ1v) is 7.95. The van der Waals surface area contributed by atoms with Crippen molar-refractivity contribution in [2.45, 2.75) is 36.9 Å². The molecule has 0 spiro atoms. The average molecular weight is 313 g/mol. The highest BCUT2D eigenvalue weighted by atomic mass is 35.5. The molecular formula is C9H13ClN2O4S2. The van der Waals surface area contributed by atoms with Gasteiger partial charge in [0, 0.05) is 12.1 Å². The molecule has 1 rings (SSSR count). The standard InChI is InChI=1S/C9H13ClN2O4S2/c1-3-6(4-2)11-18(15,16)8-5-7(12(13)14)9(10)17-8/h5-6,11H,3-4H2,1-2H3. The highest BCUT2D eigenvalue weighted by Crippen LogP contribution is 2.36. The fraction of sp³-hybridized carbons (Fsp3) is 0.556. The molecule has 0 saturated heterocycles. The summed E-state index contributed by atoms with van der Waals surface area (Å²) in [7, 11) is -3.74. The quantitative estimate of drug-likeness (QED) is 0.646. The van der Waals surface area contributed by atoms with Gasteiger partial charge in [-0.1, -0.05) is 25.4 Å².